The third-order valence-electron chi connectivity index (χ3n) is 2.16. The quantitative estimate of drug-likeness (QED) is 0.696. The molecular weight excluding hydrogens is 239 g/mol. The van der Waals surface area contributed by atoms with E-state index in [1.807, 2.05) is 0 Å². The van der Waals surface area contributed by atoms with Crippen LogP contribution < -0.4 is 0 Å². The number of carbonyl (C=O) groups is 1. The van der Waals surface area contributed by atoms with Crippen molar-refractivity contribution in [2.24, 2.45) is 0 Å². The van der Waals surface area contributed by atoms with E-state index in [-0.39, 0.29) is 19.6 Å². The van der Waals surface area contributed by atoms with Gasteiger partial charge in [-0.1, -0.05) is 6.92 Å². The zero-order valence-corrected chi connectivity index (χ0v) is 9.96. The normalized spacial score (nSPS) is 13.8. The van der Waals surface area contributed by atoms with Crippen molar-refractivity contribution in [1.82, 2.24) is 4.90 Å². The Kier molecular flexibility index (Phi) is 7.13. The van der Waals surface area contributed by atoms with Gasteiger partial charge in [0.2, 0.25) is 0 Å². The van der Waals surface area contributed by atoms with Crippen molar-refractivity contribution < 1.29 is 27.8 Å². The molecule has 0 aliphatic rings. The molecule has 0 rings (SSSR count). The smallest absolute Gasteiger partial charge is 0.401 e. The summed E-state index contributed by atoms with van der Waals surface area (Å²) in [5.41, 5.74) is 0. The molecule has 0 aromatic heterocycles. The lowest BCUT2D eigenvalue weighted by Crippen LogP contribution is -2.47. The number of aliphatic hydroxyl groups is 1. The summed E-state index contributed by atoms with van der Waals surface area (Å²) in [7, 11) is 0. The highest BCUT2D eigenvalue weighted by Crippen LogP contribution is 2.19. The second kappa shape index (κ2) is 7.50. The summed E-state index contributed by atoms with van der Waals surface area (Å²) < 4.78 is 41.6. The summed E-state index contributed by atoms with van der Waals surface area (Å²) in [6, 6.07) is -0.969. The zero-order chi connectivity index (χ0) is 13.5. The van der Waals surface area contributed by atoms with E-state index in [4.69, 9.17) is 9.84 Å². The van der Waals surface area contributed by atoms with Crippen LogP contribution in [0.4, 0.5) is 13.2 Å². The van der Waals surface area contributed by atoms with Crippen LogP contribution in [0, 0.1) is 0 Å². The van der Waals surface area contributed by atoms with Crippen LogP contribution >= 0.6 is 0 Å². The van der Waals surface area contributed by atoms with Gasteiger partial charge in [-0.25, -0.2) is 0 Å². The lowest BCUT2D eigenvalue weighted by atomic mass is 10.2. The summed E-state index contributed by atoms with van der Waals surface area (Å²) >= 11 is 0. The van der Waals surface area contributed by atoms with Crippen molar-refractivity contribution in [3.05, 3.63) is 0 Å². The van der Waals surface area contributed by atoms with Gasteiger partial charge < -0.3 is 9.84 Å². The Morgan fingerprint density at radius 1 is 1.41 bits per heavy atom. The Balaban J connectivity index is 4.67. The van der Waals surface area contributed by atoms with E-state index in [1.54, 1.807) is 13.8 Å². The summed E-state index contributed by atoms with van der Waals surface area (Å²) in [5, 5.41) is 8.73. The predicted octanol–water partition coefficient (Wildman–Crippen LogP) is 1.18. The highest BCUT2D eigenvalue weighted by Gasteiger charge is 2.36. The van der Waals surface area contributed by atoms with Gasteiger partial charge in [-0.05, 0) is 13.3 Å². The average molecular weight is 257 g/mol. The van der Waals surface area contributed by atoms with E-state index in [2.05, 4.69) is 0 Å². The number of hydrogen-bond acceptors (Lipinski definition) is 4. The van der Waals surface area contributed by atoms with Crippen LogP contribution in [0.5, 0.6) is 0 Å². The first-order chi connectivity index (χ1) is 7.85. The van der Waals surface area contributed by atoms with Gasteiger partial charge in [0.25, 0.3) is 0 Å². The molecule has 1 atom stereocenters. The molecule has 1 unspecified atom stereocenters. The van der Waals surface area contributed by atoms with Crippen molar-refractivity contribution in [3.8, 4) is 0 Å². The van der Waals surface area contributed by atoms with E-state index in [0.29, 0.717) is 0 Å². The molecule has 0 spiro atoms. The van der Waals surface area contributed by atoms with Gasteiger partial charge in [-0.2, -0.15) is 13.2 Å². The fraction of sp³-hybridized carbons (Fsp3) is 0.900. The SMILES string of the molecule is CCOC(=O)C(CC)N(CCO)CC(F)(F)F. The maximum Gasteiger partial charge on any atom is 0.401 e. The first-order valence-electron chi connectivity index (χ1n) is 5.44. The standard InChI is InChI=1S/C10H18F3NO3/c1-3-8(9(16)17-4-2)14(5-6-15)7-10(11,12)13/h8,15H,3-7H2,1-2H3. The average Bonchev–Trinajstić information content (AvgIpc) is 2.17. The van der Waals surface area contributed by atoms with Crippen LogP contribution in [0.15, 0.2) is 0 Å². The van der Waals surface area contributed by atoms with Gasteiger partial charge in [0.15, 0.2) is 0 Å². The van der Waals surface area contributed by atoms with Gasteiger partial charge in [-0.15, -0.1) is 0 Å². The fourth-order valence-electron chi connectivity index (χ4n) is 1.52. The topological polar surface area (TPSA) is 49.8 Å². The molecule has 0 amide bonds. The minimum atomic E-state index is -4.41. The van der Waals surface area contributed by atoms with Gasteiger partial charge in [0, 0.05) is 6.54 Å². The van der Waals surface area contributed by atoms with Crippen LogP contribution in [0.2, 0.25) is 0 Å². The van der Waals surface area contributed by atoms with Crippen LogP contribution in [0.1, 0.15) is 20.3 Å². The Morgan fingerprint density at radius 3 is 2.35 bits per heavy atom. The highest BCUT2D eigenvalue weighted by atomic mass is 19.4. The first kappa shape index (κ1) is 16.2. The number of hydrogen-bond donors (Lipinski definition) is 1. The second-order valence-corrected chi connectivity index (χ2v) is 3.49. The first-order valence-corrected chi connectivity index (χ1v) is 5.44. The summed E-state index contributed by atoms with van der Waals surface area (Å²) in [4.78, 5) is 12.4. The van der Waals surface area contributed by atoms with Crippen molar-refractivity contribution in [2.75, 3.05) is 26.3 Å². The number of aliphatic hydroxyl groups excluding tert-OH is 1. The third-order valence-corrected chi connectivity index (χ3v) is 2.16. The van der Waals surface area contributed by atoms with Crippen molar-refractivity contribution in [1.29, 1.82) is 0 Å². The number of alkyl halides is 3. The molecule has 102 valence electrons. The van der Waals surface area contributed by atoms with Crippen LogP contribution in [-0.4, -0.2) is 54.5 Å². The van der Waals surface area contributed by atoms with Crippen molar-refractivity contribution >= 4 is 5.97 Å². The molecule has 7 heteroatoms. The molecule has 0 saturated carbocycles. The monoisotopic (exact) mass is 257 g/mol. The van der Waals surface area contributed by atoms with E-state index in [9.17, 15) is 18.0 Å². The predicted molar refractivity (Wildman–Crippen MR) is 55.4 cm³/mol. The largest absolute Gasteiger partial charge is 0.465 e. The number of rotatable bonds is 7. The Hall–Kier alpha value is -0.820. The van der Waals surface area contributed by atoms with Gasteiger partial charge in [0.05, 0.1) is 19.8 Å². The molecule has 0 heterocycles. The molecular formula is C10H18F3NO3. The molecule has 17 heavy (non-hydrogen) atoms. The number of ether oxygens (including phenoxy) is 1. The molecule has 0 saturated heterocycles. The Labute approximate surface area is 98.3 Å². The Bertz CT molecular complexity index is 233. The molecule has 0 aromatic rings. The lowest BCUT2D eigenvalue weighted by Gasteiger charge is -2.29. The summed E-state index contributed by atoms with van der Waals surface area (Å²) in [6.07, 6.45) is -4.20. The van der Waals surface area contributed by atoms with Crippen LogP contribution in [0.25, 0.3) is 0 Å². The van der Waals surface area contributed by atoms with Gasteiger partial charge in [0.1, 0.15) is 6.04 Å². The minimum absolute atomic E-state index is 0.119. The fourth-order valence-corrected chi connectivity index (χ4v) is 1.52. The lowest BCUT2D eigenvalue weighted by molar-refractivity contribution is -0.165. The number of halogens is 3. The Morgan fingerprint density at radius 2 is 2.00 bits per heavy atom. The molecule has 0 bridgehead atoms. The van der Waals surface area contributed by atoms with Crippen LogP contribution in [-0.2, 0) is 9.53 Å². The van der Waals surface area contributed by atoms with Gasteiger partial charge in [-0.3, -0.25) is 9.69 Å². The summed E-state index contributed by atoms with van der Waals surface area (Å²) in [5.74, 6) is -0.687. The maximum atomic E-state index is 12.3. The number of esters is 1. The van der Waals surface area contributed by atoms with Crippen LogP contribution in [0.3, 0.4) is 0 Å². The summed E-state index contributed by atoms with van der Waals surface area (Å²) in [6.45, 7) is 1.43. The zero-order valence-electron chi connectivity index (χ0n) is 9.96. The molecule has 0 radical (unpaired) electrons. The van der Waals surface area contributed by atoms with E-state index >= 15 is 0 Å². The van der Waals surface area contributed by atoms with Gasteiger partial charge >= 0.3 is 12.1 Å². The number of carbonyl (C=O) groups excluding carboxylic acids is 1. The molecule has 4 nitrogen and oxygen atoms in total. The molecule has 0 aliphatic carbocycles. The minimum Gasteiger partial charge on any atom is -0.465 e. The van der Waals surface area contributed by atoms with Crippen molar-refractivity contribution in [2.45, 2.75) is 32.5 Å². The second-order valence-electron chi connectivity index (χ2n) is 3.49. The molecule has 0 aromatic carbocycles. The molecule has 0 aliphatic heterocycles. The van der Waals surface area contributed by atoms with E-state index < -0.39 is 31.3 Å². The molecule has 0 fully saturated rings. The van der Waals surface area contributed by atoms with E-state index in [1.165, 1.54) is 0 Å². The van der Waals surface area contributed by atoms with E-state index in [0.717, 1.165) is 4.90 Å². The third kappa shape index (κ3) is 6.48. The maximum absolute atomic E-state index is 12.3. The highest BCUT2D eigenvalue weighted by molar-refractivity contribution is 5.75. The number of nitrogens with zero attached hydrogens (tertiary/aromatic N) is 1. The van der Waals surface area contributed by atoms with Crippen molar-refractivity contribution in [3.63, 3.8) is 0 Å². The molecule has 1 N–H and O–H groups in total.